The lowest BCUT2D eigenvalue weighted by atomic mass is 10.3. The first kappa shape index (κ1) is 8.61. The Morgan fingerprint density at radius 1 is 1.50 bits per heavy atom. The quantitative estimate of drug-likeness (QED) is 0.693. The van der Waals surface area contributed by atoms with Gasteiger partial charge < -0.3 is 0 Å². The molecule has 0 bridgehead atoms. The van der Waals surface area contributed by atoms with E-state index in [9.17, 15) is 0 Å². The van der Waals surface area contributed by atoms with E-state index < -0.39 is 0 Å². The summed E-state index contributed by atoms with van der Waals surface area (Å²) < 4.78 is 1.89. The third-order valence-electron chi connectivity index (χ3n) is 2.30. The Kier molecular flexibility index (Phi) is 1.95. The number of aromatic nitrogens is 3. The highest BCUT2D eigenvalue weighted by molar-refractivity contribution is 7.98. The lowest BCUT2D eigenvalue weighted by Gasteiger charge is -1.97. The first-order valence-corrected chi connectivity index (χ1v) is 6.74. The maximum absolute atomic E-state index is 4.59. The summed E-state index contributed by atoms with van der Waals surface area (Å²) in [5.41, 5.74) is 3.53. The fourth-order valence-electron chi connectivity index (χ4n) is 1.58. The number of fused-ring (bicyclic) bond motifs is 2. The van der Waals surface area contributed by atoms with Gasteiger partial charge in [-0.3, -0.25) is 0 Å². The molecule has 5 heteroatoms. The molecule has 0 radical (unpaired) electrons. The zero-order chi connectivity index (χ0) is 9.54. The smallest absolute Gasteiger partial charge is 0.156 e. The summed E-state index contributed by atoms with van der Waals surface area (Å²) in [6.07, 6.45) is 4.14. The van der Waals surface area contributed by atoms with E-state index in [2.05, 4.69) is 16.3 Å². The number of hydrogen-bond acceptors (Lipinski definition) is 4. The van der Waals surface area contributed by atoms with Gasteiger partial charge in [0.05, 0.1) is 5.69 Å². The molecule has 14 heavy (non-hydrogen) atoms. The molecular formula is C9H9N3S2. The normalized spacial score (nSPS) is 14.9. The number of rotatable bonds is 1. The molecule has 0 aliphatic carbocycles. The summed E-state index contributed by atoms with van der Waals surface area (Å²) in [5, 5.41) is 5.45. The van der Waals surface area contributed by atoms with E-state index >= 15 is 0 Å². The van der Waals surface area contributed by atoms with Crippen molar-refractivity contribution in [3.63, 3.8) is 0 Å². The van der Waals surface area contributed by atoms with Crippen molar-refractivity contribution in [3.8, 4) is 0 Å². The van der Waals surface area contributed by atoms with Crippen LogP contribution < -0.4 is 0 Å². The molecule has 3 rings (SSSR count). The maximum Gasteiger partial charge on any atom is 0.156 e. The Bertz CT molecular complexity index is 451. The van der Waals surface area contributed by atoms with Crippen LogP contribution in [0.25, 0.3) is 5.65 Å². The predicted octanol–water partition coefficient (Wildman–Crippen LogP) is 2.20. The largest absolute Gasteiger partial charge is 0.232 e. The average Bonchev–Trinajstić information content (AvgIpc) is 2.77. The highest BCUT2D eigenvalue weighted by Gasteiger charge is 2.14. The van der Waals surface area contributed by atoms with Gasteiger partial charge in [-0.05, 0) is 6.26 Å². The third kappa shape index (κ3) is 1.23. The third-order valence-corrected chi connectivity index (χ3v) is 3.91. The van der Waals surface area contributed by atoms with Crippen molar-refractivity contribution in [3.05, 3.63) is 23.5 Å². The van der Waals surface area contributed by atoms with Gasteiger partial charge in [0.25, 0.3) is 0 Å². The number of thioether (sulfide) groups is 2. The molecule has 0 saturated carbocycles. The van der Waals surface area contributed by atoms with Crippen molar-refractivity contribution in [2.75, 3.05) is 6.26 Å². The van der Waals surface area contributed by atoms with Gasteiger partial charge in [0.2, 0.25) is 0 Å². The molecule has 0 atom stereocenters. The van der Waals surface area contributed by atoms with E-state index in [4.69, 9.17) is 0 Å². The Balaban J connectivity index is 2.25. The van der Waals surface area contributed by atoms with Crippen LogP contribution in [0.5, 0.6) is 0 Å². The van der Waals surface area contributed by atoms with Crippen LogP contribution in [-0.4, -0.2) is 20.9 Å². The lowest BCUT2D eigenvalue weighted by molar-refractivity contribution is 0.873. The van der Waals surface area contributed by atoms with E-state index in [1.54, 1.807) is 11.8 Å². The maximum atomic E-state index is 4.59. The minimum atomic E-state index is 0.968. The molecule has 3 nitrogen and oxygen atoms in total. The van der Waals surface area contributed by atoms with E-state index in [1.807, 2.05) is 28.6 Å². The zero-order valence-corrected chi connectivity index (χ0v) is 9.36. The summed E-state index contributed by atoms with van der Waals surface area (Å²) in [6.45, 7) is 0. The molecular weight excluding hydrogens is 214 g/mol. The molecule has 0 amide bonds. The topological polar surface area (TPSA) is 30.2 Å². The van der Waals surface area contributed by atoms with Crippen LogP contribution in [0.4, 0.5) is 0 Å². The van der Waals surface area contributed by atoms with Gasteiger partial charge in [-0.25, -0.2) is 9.50 Å². The van der Waals surface area contributed by atoms with Crippen LogP contribution in [0.1, 0.15) is 11.3 Å². The standard InChI is InChI=1S/C9H9N3S2/c1-13-9-2-8-10-7-5-14-4-6(7)3-12(8)11-9/h2-3H,4-5H2,1H3. The van der Waals surface area contributed by atoms with Crippen molar-refractivity contribution in [2.45, 2.75) is 16.5 Å². The predicted molar refractivity (Wildman–Crippen MR) is 59.8 cm³/mol. The van der Waals surface area contributed by atoms with Crippen molar-refractivity contribution in [2.24, 2.45) is 0 Å². The fourth-order valence-corrected chi connectivity index (χ4v) is 2.98. The van der Waals surface area contributed by atoms with Gasteiger partial charge in [0.15, 0.2) is 5.65 Å². The summed E-state index contributed by atoms with van der Waals surface area (Å²) in [6, 6.07) is 2.04. The molecule has 72 valence electrons. The Hall–Kier alpha value is -0.680. The second kappa shape index (κ2) is 3.17. The van der Waals surface area contributed by atoms with Gasteiger partial charge in [-0.1, -0.05) is 0 Å². The molecule has 0 spiro atoms. The van der Waals surface area contributed by atoms with E-state index in [0.717, 1.165) is 22.2 Å². The van der Waals surface area contributed by atoms with Gasteiger partial charge >= 0.3 is 0 Å². The van der Waals surface area contributed by atoms with Gasteiger partial charge in [-0.15, -0.1) is 11.8 Å². The first-order valence-electron chi connectivity index (χ1n) is 4.37. The highest BCUT2D eigenvalue weighted by Crippen LogP contribution is 2.28. The molecule has 0 N–H and O–H groups in total. The summed E-state index contributed by atoms with van der Waals surface area (Å²) in [5.74, 6) is 2.12. The Morgan fingerprint density at radius 2 is 2.43 bits per heavy atom. The zero-order valence-electron chi connectivity index (χ0n) is 7.73. The summed E-state index contributed by atoms with van der Waals surface area (Å²) in [7, 11) is 0. The van der Waals surface area contributed by atoms with Crippen molar-refractivity contribution in [1.29, 1.82) is 0 Å². The van der Waals surface area contributed by atoms with Gasteiger partial charge in [-0.2, -0.15) is 16.9 Å². The second-order valence-corrected chi connectivity index (χ2v) is 5.01. The van der Waals surface area contributed by atoms with Crippen LogP contribution in [0, 0.1) is 0 Å². The van der Waals surface area contributed by atoms with Crippen LogP contribution in [0.3, 0.4) is 0 Å². The van der Waals surface area contributed by atoms with Crippen molar-refractivity contribution in [1.82, 2.24) is 14.6 Å². The summed E-state index contributed by atoms with van der Waals surface area (Å²) in [4.78, 5) is 4.59. The second-order valence-electron chi connectivity index (χ2n) is 3.20. The molecule has 1 aliphatic heterocycles. The molecule has 0 fully saturated rings. The Labute approximate surface area is 90.3 Å². The average molecular weight is 223 g/mol. The molecule has 0 unspecified atom stereocenters. The van der Waals surface area contributed by atoms with Crippen LogP contribution in [0.15, 0.2) is 17.3 Å². The van der Waals surface area contributed by atoms with Crippen molar-refractivity contribution >= 4 is 29.2 Å². The van der Waals surface area contributed by atoms with E-state index in [-0.39, 0.29) is 0 Å². The SMILES string of the molecule is CSc1cc2nc3c(cn2n1)CSC3. The van der Waals surface area contributed by atoms with Crippen LogP contribution in [-0.2, 0) is 11.5 Å². The highest BCUT2D eigenvalue weighted by atomic mass is 32.2. The minimum Gasteiger partial charge on any atom is -0.232 e. The van der Waals surface area contributed by atoms with Gasteiger partial charge in [0, 0.05) is 29.3 Å². The fraction of sp³-hybridized carbons (Fsp3) is 0.333. The Morgan fingerprint density at radius 3 is 3.29 bits per heavy atom. The monoisotopic (exact) mass is 223 g/mol. The molecule has 0 aromatic carbocycles. The molecule has 1 aliphatic rings. The van der Waals surface area contributed by atoms with Gasteiger partial charge in [0.1, 0.15) is 5.03 Å². The molecule has 2 aromatic heterocycles. The minimum absolute atomic E-state index is 0.968. The number of nitrogens with zero attached hydrogens (tertiary/aromatic N) is 3. The summed E-state index contributed by atoms with van der Waals surface area (Å²) >= 11 is 3.57. The van der Waals surface area contributed by atoms with E-state index in [0.29, 0.717) is 0 Å². The lowest BCUT2D eigenvalue weighted by Crippen LogP contribution is -1.95. The van der Waals surface area contributed by atoms with Crippen LogP contribution >= 0.6 is 23.5 Å². The molecule has 3 heterocycles. The molecule has 2 aromatic rings. The number of hydrogen-bond donors (Lipinski definition) is 0. The van der Waals surface area contributed by atoms with E-state index in [1.165, 1.54) is 11.3 Å². The van der Waals surface area contributed by atoms with Crippen molar-refractivity contribution < 1.29 is 0 Å². The first-order chi connectivity index (χ1) is 6.86. The van der Waals surface area contributed by atoms with Crippen LogP contribution in [0.2, 0.25) is 0 Å². The molecule has 0 saturated heterocycles.